The van der Waals surface area contributed by atoms with Gasteiger partial charge in [0, 0.05) is 7.05 Å². The fourth-order valence-corrected chi connectivity index (χ4v) is 2.53. The van der Waals surface area contributed by atoms with Crippen molar-refractivity contribution < 1.29 is 19.1 Å². The third-order valence-corrected chi connectivity index (χ3v) is 4.38. The van der Waals surface area contributed by atoms with Crippen molar-refractivity contribution >= 4 is 11.9 Å². The van der Waals surface area contributed by atoms with E-state index in [1.165, 1.54) is 12.0 Å². The van der Waals surface area contributed by atoms with E-state index in [0.717, 1.165) is 16.9 Å². The number of benzene rings is 2. The summed E-state index contributed by atoms with van der Waals surface area (Å²) in [6.45, 7) is 3.64. The maximum atomic E-state index is 12.3. The number of ether oxygens (including phenoxy) is 2. The van der Waals surface area contributed by atoms with Crippen molar-refractivity contribution in [3.63, 3.8) is 0 Å². The van der Waals surface area contributed by atoms with Crippen molar-refractivity contribution in [3.8, 4) is 5.75 Å². The van der Waals surface area contributed by atoms with Crippen LogP contribution in [0, 0.1) is 0 Å². The standard InChI is InChI=1S/C21H25NO4/c1-15(21(24)25-4)22(3)20(23)14-17-10-12-19(13-11-17)26-16(2)18-8-6-5-7-9-18/h5-13,15-16H,14H2,1-4H3/t15-,16+/m0/s1. The molecule has 0 aliphatic heterocycles. The van der Waals surface area contributed by atoms with E-state index in [-0.39, 0.29) is 18.4 Å². The highest BCUT2D eigenvalue weighted by molar-refractivity contribution is 5.85. The number of nitrogens with zero attached hydrogens (tertiary/aromatic N) is 1. The molecule has 0 aromatic heterocycles. The fourth-order valence-electron chi connectivity index (χ4n) is 2.53. The van der Waals surface area contributed by atoms with E-state index in [0.29, 0.717) is 0 Å². The molecule has 26 heavy (non-hydrogen) atoms. The van der Waals surface area contributed by atoms with Crippen molar-refractivity contribution in [1.29, 1.82) is 0 Å². The zero-order valence-electron chi connectivity index (χ0n) is 15.6. The molecular weight excluding hydrogens is 330 g/mol. The van der Waals surface area contributed by atoms with E-state index >= 15 is 0 Å². The average Bonchev–Trinajstić information content (AvgIpc) is 2.68. The lowest BCUT2D eigenvalue weighted by Gasteiger charge is -2.22. The number of rotatable bonds is 7. The summed E-state index contributed by atoms with van der Waals surface area (Å²) in [5.41, 5.74) is 1.96. The first kappa shape index (κ1) is 19.5. The molecule has 1 amide bonds. The molecule has 138 valence electrons. The lowest BCUT2D eigenvalue weighted by molar-refractivity contribution is -0.150. The third-order valence-electron chi connectivity index (χ3n) is 4.38. The Morgan fingerprint density at radius 1 is 1.00 bits per heavy atom. The van der Waals surface area contributed by atoms with Gasteiger partial charge in [0.05, 0.1) is 13.5 Å². The molecule has 0 saturated heterocycles. The minimum Gasteiger partial charge on any atom is -0.486 e. The Morgan fingerprint density at radius 3 is 2.19 bits per heavy atom. The molecule has 2 aromatic rings. The first-order valence-corrected chi connectivity index (χ1v) is 8.56. The first-order chi connectivity index (χ1) is 12.4. The van der Waals surface area contributed by atoms with Gasteiger partial charge >= 0.3 is 5.97 Å². The van der Waals surface area contributed by atoms with E-state index < -0.39 is 12.0 Å². The van der Waals surface area contributed by atoms with E-state index in [1.54, 1.807) is 14.0 Å². The normalized spacial score (nSPS) is 12.8. The second kappa shape index (κ2) is 9.04. The van der Waals surface area contributed by atoms with Crippen molar-refractivity contribution in [2.75, 3.05) is 14.2 Å². The Hall–Kier alpha value is -2.82. The summed E-state index contributed by atoms with van der Waals surface area (Å²) in [6.07, 6.45) is 0.155. The quantitative estimate of drug-likeness (QED) is 0.715. The Balaban J connectivity index is 1.94. The van der Waals surface area contributed by atoms with E-state index in [2.05, 4.69) is 4.74 Å². The molecule has 0 saturated carbocycles. The number of amides is 1. The first-order valence-electron chi connectivity index (χ1n) is 8.56. The number of carbonyl (C=O) groups is 2. The van der Waals surface area contributed by atoms with Crippen LogP contribution < -0.4 is 4.74 Å². The van der Waals surface area contributed by atoms with Gasteiger partial charge in [-0.1, -0.05) is 42.5 Å². The van der Waals surface area contributed by atoms with Crippen LogP contribution in [-0.2, 0) is 20.7 Å². The second-order valence-corrected chi connectivity index (χ2v) is 6.20. The molecule has 2 rings (SSSR count). The van der Waals surface area contributed by atoms with Crippen LogP contribution in [-0.4, -0.2) is 37.0 Å². The third kappa shape index (κ3) is 5.09. The zero-order chi connectivity index (χ0) is 19.1. The van der Waals surface area contributed by atoms with Crippen molar-refractivity contribution in [3.05, 3.63) is 65.7 Å². The summed E-state index contributed by atoms with van der Waals surface area (Å²) in [7, 11) is 2.91. The minimum atomic E-state index is -0.609. The van der Waals surface area contributed by atoms with Crippen LogP contribution in [0.1, 0.15) is 31.1 Å². The van der Waals surface area contributed by atoms with Crippen molar-refractivity contribution in [2.24, 2.45) is 0 Å². The number of likely N-dealkylation sites (N-methyl/N-ethyl adjacent to an activating group) is 1. The molecule has 5 heteroatoms. The van der Waals surface area contributed by atoms with E-state index in [1.807, 2.05) is 61.5 Å². The summed E-state index contributed by atoms with van der Waals surface area (Å²) >= 11 is 0. The Morgan fingerprint density at radius 2 is 1.62 bits per heavy atom. The van der Waals surface area contributed by atoms with Gasteiger partial charge in [0.1, 0.15) is 17.9 Å². The SMILES string of the molecule is COC(=O)[C@H](C)N(C)C(=O)Cc1ccc(O[C@H](C)c2ccccc2)cc1. The van der Waals surface area contributed by atoms with Crippen LogP contribution in [0.5, 0.6) is 5.75 Å². The highest BCUT2D eigenvalue weighted by atomic mass is 16.5. The van der Waals surface area contributed by atoms with E-state index in [4.69, 9.17) is 4.74 Å². The number of hydrogen-bond donors (Lipinski definition) is 0. The van der Waals surface area contributed by atoms with Gasteiger partial charge in [0.25, 0.3) is 0 Å². The van der Waals surface area contributed by atoms with Crippen LogP contribution in [0.4, 0.5) is 0 Å². The maximum Gasteiger partial charge on any atom is 0.328 e. The molecule has 5 nitrogen and oxygen atoms in total. The van der Waals surface area contributed by atoms with Gasteiger partial charge in [-0.25, -0.2) is 4.79 Å². The van der Waals surface area contributed by atoms with E-state index in [9.17, 15) is 9.59 Å². The molecule has 0 fully saturated rings. The number of methoxy groups -OCH3 is 1. The summed E-state index contributed by atoms with van der Waals surface area (Å²) in [4.78, 5) is 25.2. The maximum absolute atomic E-state index is 12.3. The highest BCUT2D eigenvalue weighted by Gasteiger charge is 2.22. The minimum absolute atomic E-state index is 0.0595. The molecular formula is C21H25NO4. The lowest BCUT2D eigenvalue weighted by Crippen LogP contribution is -2.41. The van der Waals surface area contributed by atoms with Gasteiger partial charge in [-0.05, 0) is 37.1 Å². The molecule has 2 atom stereocenters. The molecule has 0 aliphatic carbocycles. The van der Waals surface area contributed by atoms with Gasteiger partial charge in [0.2, 0.25) is 5.91 Å². The van der Waals surface area contributed by atoms with Gasteiger partial charge < -0.3 is 14.4 Å². The van der Waals surface area contributed by atoms with Gasteiger partial charge in [-0.3, -0.25) is 4.79 Å². The Kier molecular flexibility index (Phi) is 6.78. The largest absolute Gasteiger partial charge is 0.486 e. The van der Waals surface area contributed by atoms with Gasteiger partial charge in [0.15, 0.2) is 0 Å². The van der Waals surface area contributed by atoms with Crippen LogP contribution in [0.2, 0.25) is 0 Å². The number of hydrogen-bond acceptors (Lipinski definition) is 4. The molecule has 0 unspecified atom stereocenters. The smallest absolute Gasteiger partial charge is 0.328 e. The van der Waals surface area contributed by atoms with Gasteiger partial charge in [-0.15, -0.1) is 0 Å². The predicted octanol–water partition coefficient (Wildman–Crippen LogP) is 3.39. The fraction of sp³-hybridized carbons (Fsp3) is 0.333. The lowest BCUT2D eigenvalue weighted by atomic mass is 10.1. The summed E-state index contributed by atoms with van der Waals surface area (Å²) < 4.78 is 10.6. The molecule has 0 bridgehead atoms. The Labute approximate surface area is 154 Å². The summed E-state index contributed by atoms with van der Waals surface area (Å²) in [5.74, 6) is 0.169. The van der Waals surface area contributed by atoms with Crippen molar-refractivity contribution in [2.45, 2.75) is 32.4 Å². The van der Waals surface area contributed by atoms with Crippen LogP contribution in [0.15, 0.2) is 54.6 Å². The zero-order valence-corrected chi connectivity index (χ0v) is 15.6. The van der Waals surface area contributed by atoms with Gasteiger partial charge in [-0.2, -0.15) is 0 Å². The predicted molar refractivity (Wildman–Crippen MR) is 99.9 cm³/mol. The topological polar surface area (TPSA) is 55.8 Å². The average molecular weight is 355 g/mol. The second-order valence-electron chi connectivity index (χ2n) is 6.20. The Bertz CT molecular complexity index is 727. The molecule has 0 N–H and O–H groups in total. The van der Waals surface area contributed by atoms with Crippen molar-refractivity contribution in [1.82, 2.24) is 4.90 Å². The number of esters is 1. The van der Waals surface area contributed by atoms with Crippen LogP contribution in [0.25, 0.3) is 0 Å². The molecule has 0 aliphatic rings. The molecule has 0 radical (unpaired) electrons. The molecule has 0 spiro atoms. The summed E-state index contributed by atoms with van der Waals surface area (Å²) in [6, 6.07) is 16.8. The van der Waals surface area contributed by atoms with Crippen LogP contribution >= 0.6 is 0 Å². The molecule has 2 aromatic carbocycles. The number of carbonyl (C=O) groups excluding carboxylic acids is 2. The summed E-state index contributed by atoms with van der Waals surface area (Å²) in [5, 5.41) is 0. The monoisotopic (exact) mass is 355 g/mol. The van der Waals surface area contributed by atoms with Crippen LogP contribution in [0.3, 0.4) is 0 Å². The molecule has 0 heterocycles. The highest BCUT2D eigenvalue weighted by Crippen LogP contribution is 2.22.